The van der Waals surface area contributed by atoms with Crippen molar-refractivity contribution in [2.24, 2.45) is 0 Å². The lowest BCUT2D eigenvalue weighted by Gasteiger charge is -2.28. The van der Waals surface area contributed by atoms with Gasteiger partial charge in [-0.2, -0.15) is 0 Å². The molecule has 2 aromatic rings. The van der Waals surface area contributed by atoms with Gasteiger partial charge in [-0.1, -0.05) is 23.7 Å². The predicted octanol–water partition coefficient (Wildman–Crippen LogP) is 2.10. The molecule has 0 aliphatic carbocycles. The van der Waals surface area contributed by atoms with Crippen molar-refractivity contribution in [2.45, 2.75) is 25.6 Å². The highest BCUT2D eigenvalue weighted by Crippen LogP contribution is 2.20. The third kappa shape index (κ3) is 3.43. The Morgan fingerprint density at radius 2 is 2.10 bits per heavy atom. The molecule has 3 rings (SSSR count). The van der Waals surface area contributed by atoms with E-state index >= 15 is 0 Å². The molecule has 2 heterocycles. The van der Waals surface area contributed by atoms with E-state index in [9.17, 15) is 0 Å². The van der Waals surface area contributed by atoms with Crippen molar-refractivity contribution in [1.29, 1.82) is 0 Å². The molecule has 1 atom stereocenters. The number of fused-ring (bicyclic) bond motifs is 1. The summed E-state index contributed by atoms with van der Waals surface area (Å²) in [7, 11) is 2.01. The fourth-order valence-corrected chi connectivity index (χ4v) is 2.92. The Morgan fingerprint density at radius 1 is 1.29 bits per heavy atom. The van der Waals surface area contributed by atoms with E-state index in [0.717, 1.165) is 43.4 Å². The van der Waals surface area contributed by atoms with Crippen molar-refractivity contribution in [3.8, 4) is 0 Å². The molecule has 1 unspecified atom stereocenters. The third-order valence-electron chi connectivity index (χ3n) is 4.07. The summed E-state index contributed by atoms with van der Waals surface area (Å²) in [6.45, 7) is 3.97. The number of hydrogen-bond donors (Lipinski definition) is 1. The number of rotatable bonds is 5. The molecule has 0 bridgehead atoms. The molecule has 0 saturated carbocycles. The second-order valence-corrected chi connectivity index (χ2v) is 5.83. The van der Waals surface area contributed by atoms with E-state index < -0.39 is 0 Å². The van der Waals surface area contributed by atoms with Crippen LogP contribution in [0.25, 0.3) is 0 Å². The SMILES string of the molecule is CNC(CCN1CCn2cnnc2C1)c1ccc(Cl)cc1. The molecule has 5 nitrogen and oxygen atoms in total. The van der Waals surface area contributed by atoms with Crippen molar-refractivity contribution in [3.63, 3.8) is 0 Å². The maximum Gasteiger partial charge on any atom is 0.147 e. The van der Waals surface area contributed by atoms with Crippen LogP contribution >= 0.6 is 11.6 Å². The molecule has 1 aliphatic heterocycles. The zero-order valence-electron chi connectivity index (χ0n) is 12.2. The average Bonchev–Trinajstić information content (AvgIpc) is 2.97. The van der Waals surface area contributed by atoms with E-state index in [1.807, 2.05) is 25.5 Å². The van der Waals surface area contributed by atoms with E-state index in [0.29, 0.717) is 6.04 Å². The summed E-state index contributed by atoms with van der Waals surface area (Å²) in [6.07, 6.45) is 2.88. The van der Waals surface area contributed by atoms with Crippen LogP contribution in [0.5, 0.6) is 0 Å². The van der Waals surface area contributed by atoms with Gasteiger partial charge in [0.05, 0.1) is 6.54 Å². The summed E-state index contributed by atoms with van der Waals surface area (Å²) in [5.74, 6) is 1.06. The lowest BCUT2D eigenvalue weighted by molar-refractivity contribution is 0.207. The maximum absolute atomic E-state index is 5.95. The minimum absolute atomic E-state index is 0.349. The van der Waals surface area contributed by atoms with Crippen LogP contribution in [-0.2, 0) is 13.1 Å². The topological polar surface area (TPSA) is 46.0 Å². The molecule has 112 valence electrons. The fourth-order valence-electron chi connectivity index (χ4n) is 2.79. The van der Waals surface area contributed by atoms with E-state index in [1.165, 1.54) is 5.56 Å². The highest BCUT2D eigenvalue weighted by Gasteiger charge is 2.18. The van der Waals surface area contributed by atoms with Crippen molar-refractivity contribution in [3.05, 3.63) is 47.0 Å². The molecule has 1 aromatic heterocycles. The lowest BCUT2D eigenvalue weighted by atomic mass is 10.0. The van der Waals surface area contributed by atoms with Gasteiger partial charge >= 0.3 is 0 Å². The normalized spacial score (nSPS) is 16.7. The zero-order valence-corrected chi connectivity index (χ0v) is 12.9. The molecule has 1 N–H and O–H groups in total. The molecule has 1 aromatic carbocycles. The van der Waals surface area contributed by atoms with Crippen molar-refractivity contribution in [1.82, 2.24) is 25.0 Å². The van der Waals surface area contributed by atoms with Gasteiger partial charge in [-0.05, 0) is 31.2 Å². The smallest absolute Gasteiger partial charge is 0.147 e. The van der Waals surface area contributed by atoms with Gasteiger partial charge in [-0.3, -0.25) is 4.90 Å². The third-order valence-corrected chi connectivity index (χ3v) is 4.32. The molecular formula is C15H20ClN5. The Hall–Kier alpha value is -1.43. The quantitative estimate of drug-likeness (QED) is 0.919. The van der Waals surface area contributed by atoms with E-state index in [2.05, 4.69) is 37.1 Å². The van der Waals surface area contributed by atoms with Crippen LogP contribution in [0.4, 0.5) is 0 Å². The number of benzene rings is 1. The Labute approximate surface area is 129 Å². The van der Waals surface area contributed by atoms with Gasteiger partial charge in [0.2, 0.25) is 0 Å². The summed E-state index contributed by atoms with van der Waals surface area (Å²) >= 11 is 5.95. The Kier molecular flexibility index (Phi) is 4.53. The number of aromatic nitrogens is 3. The maximum atomic E-state index is 5.95. The van der Waals surface area contributed by atoms with Gasteiger partial charge in [-0.25, -0.2) is 0 Å². The summed E-state index contributed by atoms with van der Waals surface area (Å²) in [6, 6.07) is 8.43. The average molecular weight is 306 g/mol. The monoisotopic (exact) mass is 305 g/mol. The molecular weight excluding hydrogens is 286 g/mol. The van der Waals surface area contributed by atoms with Gasteiger partial charge in [-0.15, -0.1) is 10.2 Å². The summed E-state index contributed by atoms with van der Waals surface area (Å²) in [5, 5.41) is 12.3. The van der Waals surface area contributed by atoms with Crippen LogP contribution in [-0.4, -0.2) is 39.8 Å². The molecule has 6 heteroatoms. The second kappa shape index (κ2) is 6.56. The summed E-state index contributed by atoms with van der Waals surface area (Å²) in [5.41, 5.74) is 1.28. The van der Waals surface area contributed by atoms with Crippen LogP contribution < -0.4 is 5.32 Å². The number of nitrogens with zero attached hydrogens (tertiary/aromatic N) is 4. The fraction of sp³-hybridized carbons (Fsp3) is 0.467. The minimum Gasteiger partial charge on any atom is -0.315 e. The number of nitrogens with one attached hydrogen (secondary N) is 1. The van der Waals surface area contributed by atoms with E-state index in [-0.39, 0.29) is 0 Å². The zero-order chi connectivity index (χ0) is 14.7. The van der Waals surface area contributed by atoms with Gasteiger partial charge in [0.1, 0.15) is 12.2 Å². The molecule has 1 aliphatic rings. The van der Waals surface area contributed by atoms with Crippen LogP contribution in [0.15, 0.2) is 30.6 Å². The Morgan fingerprint density at radius 3 is 2.86 bits per heavy atom. The first-order valence-corrected chi connectivity index (χ1v) is 7.66. The van der Waals surface area contributed by atoms with Crippen LogP contribution in [0.1, 0.15) is 23.9 Å². The molecule has 0 radical (unpaired) electrons. The minimum atomic E-state index is 0.349. The van der Waals surface area contributed by atoms with E-state index in [4.69, 9.17) is 11.6 Å². The molecule has 0 saturated heterocycles. The Bertz CT molecular complexity index is 580. The summed E-state index contributed by atoms with van der Waals surface area (Å²) < 4.78 is 2.13. The largest absolute Gasteiger partial charge is 0.315 e. The highest BCUT2D eigenvalue weighted by atomic mass is 35.5. The standard InChI is InChI=1S/C15H20ClN5/c1-17-14(12-2-4-13(16)5-3-12)6-7-20-8-9-21-11-18-19-15(21)10-20/h2-5,11,14,17H,6-10H2,1H3. The Balaban J connectivity index is 1.57. The van der Waals surface area contributed by atoms with Gasteiger partial charge in [0, 0.05) is 30.7 Å². The predicted molar refractivity (Wildman–Crippen MR) is 83.2 cm³/mol. The van der Waals surface area contributed by atoms with Crippen molar-refractivity contribution < 1.29 is 0 Å². The second-order valence-electron chi connectivity index (χ2n) is 5.40. The van der Waals surface area contributed by atoms with Crippen molar-refractivity contribution in [2.75, 3.05) is 20.1 Å². The van der Waals surface area contributed by atoms with Gasteiger partial charge in [0.15, 0.2) is 0 Å². The molecule has 21 heavy (non-hydrogen) atoms. The van der Waals surface area contributed by atoms with Crippen molar-refractivity contribution >= 4 is 11.6 Å². The highest BCUT2D eigenvalue weighted by molar-refractivity contribution is 6.30. The molecule has 0 spiro atoms. The summed E-state index contributed by atoms with van der Waals surface area (Å²) in [4.78, 5) is 2.43. The number of hydrogen-bond acceptors (Lipinski definition) is 4. The first-order valence-electron chi connectivity index (χ1n) is 7.28. The van der Waals surface area contributed by atoms with E-state index in [1.54, 1.807) is 0 Å². The molecule has 0 amide bonds. The van der Waals surface area contributed by atoms with Gasteiger partial charge in [0.25, 0.3) is 0 Å². The van der Waals surface area contributed by atoms with Crippen LogP contribution in [0.2, 0.25) is 5.02 Å². The van der Waals surface area contributed by atoms with Gasteiger partial charge < -0.3 is 9.88 Å². The first kappa shape index (κ1) is 14.5. The first-order chi connectivity index (χ1) is 10.3. The number of halogens is 1. The lowest BCUT2D eigenvalue weighted by Crippen LogP contribution is -2.35. The molecule has 0 fully saturated rings. The van der Waals surface area contributed by atoms with Crippen LogP contribution in [0.3, 0.4) is 0 Å². The van der Waals surface area contributed by atoms with Crippen LogP contribution in [0, 0.1) is 0 Å².